The lowest BCUT2D eigenvalue weighted by Crippen LogP contribution is -2.27. The van der Waals surface area contributed by atoms with E-state index >= 15 is 0 Å². The molecule has 1 aliphatic heterocycles. The fourth-order valence-electron chi connectivity index (χ4n) is 3.77. The van der Waals surface area contributed by atoms with E-state index in [1.54, 1.807) is 55.5 Å². The van der Waals surface area contributed by atoms with E-state index in [1.165, 1.54) is 31.4 Å². The number of ether oxygens (including phenoxy) is 3. The van der Waals surface area contributed by atoms with Crippen LogP contribution in [0.5, 0.6) is 17.2 Å². The summed E-state index contributed by atoms with van der Waals surface area (Å²) in [7, 11) is 1.51. The maximum atomic E-state index is 12.9. The van der Waals surface area contributed by atoms with Gasteiger partial charge in [0.15, 0.2) is 18.1 Å². The lowest BCUT2D eigenvalue weighted by atomic mass is 10.1. The zero-order valence-electron chi connectivity index (χ0n) is 21.6. The van der Waals surface area contributed by atoms with Crippen molar-refractivity contribution in [3.05, 3.63) is 92.9 Å². The zero-order chi connectivity index (χ0) is 28.6. The highest BCUT2D eigenvalue weighted by Crippen LogP contribution is 2.35. The average Bonchev–Trinajstić information content (AvgIpc) is 3.20. The van der Waals surface area contributed by atoms with Crippen LogP contribution < -0.4 is 19.5 Å². The fraction of sp³-hybridized carbons (Fsp3) is 0.179. The van der Waals surface area contributed by atoms with E-state index in [-0.39, 0.29) is 23.7 Å². The Morgan fingerprint density at radius 1 is 1.02 bits per heavy atom. The van der Waals surface area contributed by atoms with Crippen molar-refractivity contribution < 1.29 is 33.5 Å². The molecular weight excluding hydrogens is 538 g/mol. The number of imide groups is 1. The van der Waals surface area contributed by atoms with Crippen LogP contribution in [0.4, 0.5) is 16.2 Å². The normalized spacial score (nSPS) is 13.8. The van der Waals surface area contributed by atoms with Gasteiger partial charge in [0.1, 0.15) is 5.75 Å². The molecule has 0 unspecified atom stereocenters. The Hall–Kier alpha value is -4.84. The molecule has 3 aromatic rings. The average molecular weight is 564 g/mol. The molecule has 11 nitrogen and oxygen atoms in total. The molecule has 0 radical (unpaired) electrons. The molecule has 4 rings (SSSR count). The van der Waals surface area contributed by atoms with E-state index in [9.17, 15) is 24.5 Å². The van der Waals surface area contributed by atoms with Gasteiger partial charge in [0.05, 0.1) is 35.8 Å². The zero-order valence-corrected chi connectivity index (χ0v) is 22.4. The molecule has 1 aliphatic rings. The van der Waals surface area contributed by atoms with E-state index in [0.717, 1.165) is 16.7 Å². The minimum Gasteiger partial charge on any atom is -0.495 e. The summed E-state index contributed by atoms with van der Waals surface area (Å²) in [4.78, 5) is 49.6. The quantitative estimate of drug-likeness (QED) is 0.188. The van der Waals surface area contributed by atoms with E-state index in [0.29, 0.717) is 40.7 Å². The molecule has 206 valence electrons. The van der Waals surface area contributed by atoms with Crippen molar-refractivity contribution >= 4 is 46.3 Å². The number of nitrogens with one attached hydrogen (secondary N) is 1. The highest BCUT2D eigenvalue weighted by Gasteiger charge is 2.35. The van der Waals surface area contributed by atoms with Gasteiger partial charge >= 0.3 is 0 Å². The van der Waals surface area contributed by atoms with Gasteiger partial charge in [-0.15, -0.1) is 0 Å². The third kappa shape index (κ3) is 6.77. The van der Waals surface area contributed by atoms with Gasteiger partial charge in [0.25, 0.3) is 22.7 Å². The van der Waals surface area contributed by atoms with Gasteiger partial charge in [-0.05, 0) is 60.2 Å². The summed E-state index contributed by atoms with van der Waals surface area (Å²) >= 11 is 0.800. The topological polar surface area (TPSA) is 137 Å². The van der Waals surface area contributed by atoms with Crippen molar-refractivity contribution in [3.8, 4) is 17.2 Å². The van der Waals surface area contributed by atoms with Gasteiger partial charge in [-0.2, -0.15) is 0 Å². The number of methoxy groups -OCH3 is 1. The summed E-state index contributed by atoms with van der Waals surface area (Å²) < 4.78 is 16.6. The number of anilines is 1. The van der Waals surface area contributed by atoms with Gasteiger partial charge in [-0.25, -0.2) is 0 Å². The Bertz CT molecular complexity index is 1470. The smallest absolute Gasteiger partial charge is 0.293 e. The molecule has 0 aromatic heterocycles. The van der Waals surface area contributed by atoms with Crippen molar-refractivity contribution in [3.63, 3.8) is 0 Å². The molecule has 12 heteroatoms. The number of hydrogen-bond acceptors (Lipinski definition) is 9. The van der Waals surface area contributed by atoms with Crippen LogP contribution in [0.15, 0.2) is 71.6 Å². The van der Waals surface area contributed by atoms with Crippen LogP contribution in [0.3, 0.4) is 0 Å². The molecular formula is C28H25N3O8S. The molecule has 1 N–H and O–H groups in total. The molecule has 1 fully saturated rings. The summed E-state index contributed by atoms with van der Waals surface area (Å²) in [5.41, 5.74) is 1.62. The summed E-state index contributed by atoms with van der Waals surface area (Å²) in [6, 6.07) is 17.6. The second-order valence-corrected chi connectivity index (χ2v) is 9.36. The molecule has 0 aliphatic carbocycles. The number of benzene rings is 3. The third-order valence-electron chi connectivity index (χ3n) is 5.67. The summed E-state index contributed by atoms with van der Waals surface area (Å²) in [6.45, 7) is 1.85. The number of nitro benzene ring substituents is 1. The Morgan fingerprint density at radius 2 is 1.77 bits per heavy atom. The number of hydrogen-bond donors (Lipinski definition) is 1. The minimum atomic E-state index is -0.517. The van der Waals surface area contributed by atoms with Crippen molar-refractivity contribution in [2.75, 3.05) is 25.6 Å². The standard InChI is InChI=1S/C28H25N3O8S/c1-3-38-24-14-19(10-13-23(24)39-17-26(32)29-21-6-4-5-7-22(21)37-2)15-25-27(33)30(28(34)40-25)16-18-8-11-20(12-9-18)31(35)36/h4-15H,3,16-17H2,1-2H3,(H,29,32). The largest absolute Gasteiger partial charge is 0.495 e. The molecule has 3 amide bonds. The van der Waals surface area contributed by atoms with Crippen LogP contribution in [0, 0.1) is 10.1 Å². The number of para-hydroxylation sites is 2. The van der Waals surface area contributed by atoms with Crippen LogP contribution in [0.1, 0.15) is 18.1 Å². The van der Waals surface area contributed by atoms with Crippen molar-refractivity contribution in [2.45, 2.75) is 13.5 Å². The van der Waals surface area contributed by atoms with Gasteiger partial charge in [0, 0.05) is 12.1 Å². The number of thioether (sulfide) groups is 1. The minimum absolute atomic E-state index is 0.00606. The molecule has 0 bridgehead atoms. The van der Waals surface area contributed by atoms with Crippen LogP contribution >= 0.6 is 11.8 Å². The fourth-order valence-corrected chi connectivity index (χ4v) is 4.61. The molecule has 0 atom stereocenters. The van der Waals surface area contributed by atoms with E-state index in [4.69, 9.17) is 14.2 Å². The second-order valence-electron chi connectivity index (χ2n) is 8.37. The summed E-state index contributed by atoms with van der Waals surface area (Å²) in [5, 5.41) is 13.1. The highest BCUT2D eigenvalue weighted by molar-refractivity contribution is 8.18. The van der Waals surface area contributed by atoms with Crippen LogP contribution in [-0.2, 0) is 16.1 Å². The van der Waals surface area contributed by atoms with Gasteiger partial charge in [-0.1, -0.05) is 30.3 Å². The number of nitrogens with zero attached hydrogens (tertiary/aromatic N) is 2. The molecule has 40 heavy (non-hydrogen) atoms. The Balaban J connectivity index is 1.43. The Labute approximate surface area is 233 Å². The number of carbonyl (C=O) groups excluding carboxylic acids is 3. The molecule has 1 heterocycles. The molecule has 0 spiro atoms. The van der Waals surface area contributed by atoms with Crippen molar-refractivity contribution in [2.24, 2.45) is 0 Å². The van der Waals surface area contributed by atoms with Gasteiger partial charge in [-0.3, -0.25) is 29.4 Å². The lowest BCUT2D eigenvalue weighted by Gasteiger charge is -2.14. The number of rotatable bonds is 11. The monoisotopic (exact) mass is 563 g/mol. The van der Waals surface area contributed by atoms with E-state index < -0.39 is 22.0 Å². The second kappa shape index (κ2) is 12.8. The first-order chi connectivity index (χ1) is 19.3. The Kier molecular flexibility index (Phi) is 9.02. The number of carbonyl (C=O) groups is 3. The highest BCUT2D eigenvalue weighted by atomic mass is 32.2. The van der Waals surface area contributed by atoms with Crippen LogP contribution in [-0.4, -0.2) is 47.2 Å². The number of amides is 3. The maximum absolute atomic E-state index is 12.9. The lowest BCUT2D eigenvalue weighted by molar-refractivity contribution is -0.384. The Morgan fingerprint density at radius 3 is 2.48 bits per heavy atom. The first kappa shape index (κ1) is 28.2. The summed E-state index contributed by atoms with van der Waals surface area (Å²) in [5.74, 6) is 0.358. The van der Waals surface area contributed by atoms with Crippen molar-refractivity contribution in [1.82, 2.24) is 4.90 Å². The first-order valence-electron chi connectivity index (χ1n) is 12.1. The van der Waals surface area contributed by atoms with Gasteiger partial charge < -0.3 is 19.5 Å². The predicted octanol–water partition coefficient (Wildman–Crippen LogP) is 5.26. The maximum Gasteiger partial charge on any atom is 0.293 e. The third-order valence-corrected chi connectivity index (χ3v) is 6.57. The van der Waals surface area contributed by atoms with Crippen LogP contribution in [0.2, 0.25) is 0 Å². The number of non-ortho nitro benzene ring substituents is 1. The van der Waals surface area contributed by atoms with E-state index in [2.05, 4.69) is 5.32 Å². The molecule has 1 saturated heterocycles. The van der Waals surface area contributed by atoms with E-state index in [1.807, 2.05) is 0 Å². The predicted molar refractivity (Wildman–Crippen MR) is 149 cm³/mol. The molecule has 3 aromatic carbocycles. The first-order valence-corrected chi connectivity index (χ1v) is 12.9. The summed E-state index contributed by atoms with van der Waals surface area (Å²) in [6.07, 6.45) is 1.57. The molecule has 0 saturated carbocycles. The van der Waals surface area contributed by atoms with Gasteiger partial charge in [0.2, 0.25) is 0 Å². The van der Waals surface area contributed by atoms with Crippen molar-refractivity contribution in [1.29, 1.82) is 0 Å². The SMILES string of the molecule is CCOc1cc(C=C2SC(=O)N(Cc3ccc([N+](=O)[O-])cc3)C2=O)ccc1OCC(=O)Nc1ccccc1OC. The van der Waals surface area contributed by atoms with Crippen LogP contribution in [0.25, 0.3) is 6.08 Å². The number of nitro groups is 1.